The number of halogens is 2. The van der Waals surface area contributed by atoms with E-state index in [0.717, 1.165) is 98.0 Å². The van der Waals surface area contributed by atoms with Crippen LogP contribution in [0.1, 0.15) is 61.3 Å². The van der Waals surface area contributed by atoms with Gasteiger partial charge >= 0.3 is 5.97 Å². The molecule has 7 aromatic rings. The summed E-state index contributed by atoms with van der Waals surface area (Å²) in [7, 11) is -1.15. The van der Waals surface area contributed by atoms with Crippen molar-refractivity contribution in [1.82, 2.24) is 57.1 Å². The fourth-order valence-electron chi connectivity index (χ4n) is 7.89. The van der Waals surface area contributed by atoms with E-state index in [0.29, 0.717) is 18.2 Å². The zero-order valence-electron chi connectivity index (χ0n) is 37.6. The lowest BCUT2D eigenvalue weighted by atomic mass is 10.1. The van der Waals surface area contributed by atoms with Crippen molar-refractivity contribution in [3.63, 3.8) is 0 Å². The van der Waals surface area contributed by atoms with Crippen molar-refractivity contribution < 1.29 is 14.6 Å². The number of aliphatic carboxylic acids is 1. The largest absolute Gasteiger partial charge is 0.480 e. The van der Waals surface area contributed by atoms with Crippen molar-refractivity contribution >= 4 is 105 Å². The van der Waals surface area contributed by atoms with Gasteiger partial charge in [0, 0.05) is 51.9 Å². The van der Waals surface area contributed by atoms with Crippen LogP contribution in [0.5, 0.6) is 0 Å². The number of hydrogen-bond donors (Lipinski definition) is 2. The van der Waals surface area contributed by atoms with E-state index in [1.807, 2.05) is 36.8 Å². The van der Waals surface area contributed by atoms with Gasteiger partial charge in [-0.1, -0.05) is 32.5 Å². The fraction of sp³-hybridized carbons (Fsp3) is 0.488. The van der Waals surface area contributed by atoms with Crippen LogP contribution in [0, 0.1) is 17.5 Å². The molecule has 0 aliphatic carbocycles. The van der Waals surface area contributed by atoms with E-state index in [1.54, 1.807) is 18.6 Å². The fourth-order valence-corrected chi connectivity index (χ4v) is 10.6. The van der Waals surface area contributed by atoms with Gasteiger partial charge in [0.25, 0.3) is 0 Å². The molecule has 22 heteroatoms. The summed E-state index contributed by atoms with van der Waals surface area (Å²) in [6.07, 6.45) is 18.7. The summed E-state index contributed by atoms with van der Waals surface area (Å²) in [6, 6.07) is 5.43. The number of ether oxygens (including phenoxy) is 1. The molecule has 9 rings (SSSR count). The van der Waals surface area contributed by atoms with Gasteiger partial charge in [0.2, 0.25) is 0 Å². The minimum absolute atomic E-state index is 0. The summed E-state index contributed by atoms with van der Waals surface area (Å²) in [5, 5.41) is 18.5. The van der Waals surface area contributed by atoms with E-state index < -0.39 is 14.0 Å². The lowest BCUT2D eigenvalue weighted by molar-refractivity contribution is -0.137. The van der Waals surface area contributed by atoms with Gasteiger partial charge in [-0.25, -0.2) is 19.9 Å². The monoisotopic (exact) mass is 1070 g/mol. The molecule has 17 nitrogen and oxygen atoms in total. The summed E-state index contributed by atoms with van der Waals surface area (Å²) in [5.74, 6) is 0.546. The molecule has 348 valence electrons. The minimum Gasteiger partial charge on any atom is -0.480 e. The molecule has 2 fully saturated rings. The van der Waals surface area contributed by atoms with E-state index in [4.69, 9.17) is 19.2 Å². The van der Waals surface area contributed by atoms with Crippen LogP contribution in [0.3, 0.4) is 0 Å². The molecule has 2 N–H and O–H groups in total. The summed E-state index contributed by atoms with van der Waals surface area (Å²) in [5.41, 5.74) is 7.11. The first kappa shape index (κ1) is 48.8. The molecule has 0 radical (unpaired) electrons. The number of rotatable bonds is 16. The van der Waals surface area contributed by atoms with Crippen LogP contribution in [0.2, 0.25) is 25.7 Å². The molecule has 0 saturated carbocycles. The second-order valence-electron chi connectivity index (χ2n) is 17.8. The first-order chi connectivity index (χ1) is 30.8. The first-order valence-corrected chi connectivity index (χ1v) is 28.3. The molecular formula is C43H58ClIN14O3S2Si. The smallest absolute Gasteiger partial charge is 0.325 e. The van der Waals surface area contributed by atoms with Crippen molar-refractivity contribution in [2.45, 2.75) is 97.7 Å². The molecule has 0 aromatic carbocycles. The van der Waals surface area contributed by atoms with Crippen LogP contribution in [0.25, 0.3) is 22.6 Å². The van der Waals surface area contributed by atoms with Gasteiger partial charge in [-0.05, 0) is 130 Å². The second kappa shape index (κ2) is 22.1. The van der Waals surface area contributed by atoms with Gasteiger partial charge < -0.3 is 15.2 Å². The third kappa shape index (κ3) is 12.9. The molecular weight excluding hydrogens is 1020 g/mol. The quantitative estimate of drug-likeness (QED) is 0.0406. The Morgan fingerprint density at radius 3 is 2.18 bits per heavy atom. The minimum atomic E-state index is -1.15. The highest BCUT2D eigenvalue weighted by atomic mass is 127. The van der Waals surface area contributed by atoms with Crippen LogP contribution >= 0.6 is 58.1 Å². The Morgan fingerprint density at radius 2 is 1.49 bits per heavy atom. The van der Waals surface area contributed by atoms with Crippen LogP contribution in [-0.4, -0.2) is 116 Å². The Bertz CT molecular complexity index is 2670. The Morgan fingerprint density at radius 1 is 0.846 bits per heavy atom. The highest BCUT2D eigenvalue weighted by Gasteiger charge is 2.23. The van der Waals surface area contributed by atoms with Crippen LogP contribution in [-0.2, 0) is 29.2 Å². The normalized spacial score (nSPS) is 14.9. The first-order valence-electron chi connectivity index (χ1n) is 21.9. The van der Waals surface area contributed by atoms with E-state index in [2.05, 4.69) is 103 Å². The zero-order valence-corrected chi connectivity index (χ0v) is 43.2. The molecule has 0 atom stereocenters. The third-order valence-corrected chi connectivity index (χ3v) is 15.2. The molecule has 0 amide bonds. The number of aromatic nitrogens is 10. The SMILES string of the molecule is Cc1cn2c(-c3cnn(CC(=O)O)c3)cnc2c(Nc2cc(CN3CCCCC3)ns2)n1.Cc1cn2c(I)cnc2c(N(COCC[Si](C)(C)C)c2cc(CN3CCCCC3)ns2)n1.Cl. The Balaban J connectivity index is 0.000000191. The van der Waals surface area contributed by atoms with Gasteiger partial charge in [0.15, 0.2) is 22.9 Å². The van der Waals surface area contributed by atoms with Crippen LogP contribution < -0.4 is 10.2 Å². The van der Waals surface area contributed by atoms with E-state index in [9.17, 15) is 4.79 Å². The number of carboxylic acids is 1. The van der Waals surface area contributed by atoms with E-state index in [1.165, 1.54) is 79.4 Å². The summed E-state index contributed by atoms with van der Waals surface area (Å²) in [4.78, 5) is 36.8. The number of piperidine rings is 2. The van der Waals surface area contributed by atoms with Gasteiger partial charge in [-0.2, -0.15) is 13.8 Å². The molecule has 2 saturated heterocycles. The van der Waals surface area contributed by atoms with Gasteiger partial charge in [-0.3, -0.25) is 33.0 Å². The molecule has 7 aromatic heterocycles. The molecule has 0 unspecified atom stereocenters. The number of likely N-dealkylation sites (tertiary alicyclic amines) is 2. The molecule has 65 heavy (non-hydrogen) atoms. The second-order valence-corrected chi connectivity index (χ2v) is 26.1. The van der Waals surface area contributed by atoms with Crippen molar-refractivity contribution in [3.8, 4) is 11.3 Å². The number of imidazole rings is 2. The highest BCUT2D eigenvalue weighted by molar-refractivity contribution is 14.1. The highest BCUT2D eigenvalue weighted by Crippen LogP contribution is 2.33. The van der Waals surface area contributed by atoms with E-state index in [-0.39, 0.29) is 19.0 Å². The number of fused-ring (bicyclic) bond motifs is 2. The Hall–Kier alpha value is -4.10. The maximum Gasteiger partial charge on any atom is 0.325 e. The molecule has 2 aliphatic rings. The van der Waals surface area contributed by atoms with Gasteiger partial charge in [0.05, 0.1) is 47.1 Å². The molecule has 0 bridgehead atoms. The van der Waals surface area contributed by atoms with Crippen molar-refractivity contribution in [2.24, 2.45) is 0 Å². The van der Waals surface area contributed by atoms with Crippen LogP contribution in [0.4, 0.5) is 21.6 Å². The van der Waals surface area contributed by atoms with Crippen molar-refractivity contribution in [3.05, 3.63) is 75.8 Å². The lowest BCUT2D eigenvalue weighted by Gasteiger charge is -2.25. The van der Waals surface area contributed by atoms with Gasteiger partial charge in [0.1, 0.15) is 27.0 Å². The van der Waals surface area contributed by atoms with Crippen LogP contribution in [0.15, 0.2) is 49.3 Å². The Labute approximate surface area is 408 Å². The number of nitrogens with zero attached hydrogens (tertiary/aromatic N) is 13. The van der Waals surface area contributed by atoms with E-state index >= 15 is 0 Å². The summed E-state index contributed by atoms with van der Waals surface area (Å²) in [6.45, 7) is 18.5. The van der Waals surface area contributed by atoms with Crippen molar-refractivity contribution in [2.75, 3.05) is 49.7 Å². The predicted molar refractivity (Wildman–Crippen MR) is 271 cm³/mol. The predicted octanol–water partition coefficient (Wildman–Crippen LogP) is 9.13. The zero-order chi connectivity index (χ0) is 44.8. The summed E-state index contributed by atoms with van der Waals surface area (Å²) < 4.78 is 22.1. The lowest BCUT2D eigenvalue weighted by Crippen LogP contribution is -2.29. The number of hydrogen-bond acceptors (Lipinski definition) is 15. The number of carboxylic acid groups (broad SMARTS) is 1. The standard InChI is InChI=1S/C22H33IN6OSSi.C21H24N8O2S.ClH/c1-17-14-28-19(23)13-24-21(28)22(25-17)29(16-30-10-11-32(2,3)4)20-12-18(26-31-20)15-27-8-6-5-7-9-27;1-14-10-29-17(15-8-23-28(11-15)13-19(30)31)9-22-21(29)20(24-14)25-18-7-16(26-32-18)12-27-5-3-2-4-6-27;/h12-14H,5-11,15-16H2,1-4H3;7-11H,2-6,12-13H2,1H3,(H,24,25)(H,30,31);1H. The maximum atomic E-state index is 11.0. The topological polar surface area (TPSA) is 172 Å². The number of carbonyl (C=O) groups is 1. The summed E-state index contributed by atoms with van der Waals surface area (Å²) >= 11 is 5.27. The average Bonchev–Trinajstić information content (AvgIpc) is 4.12. The molecule has 2 aliphatic heterocycles. The molecule has 0 spiro atoms. The number of aryl methyl sites for hydroxylation is 2. The maximum absolute atomic E-state index is 11.0. The third-order valence-electron chi connectivity index (χ3n) is 11.1. The average molecular weight is 1070 g/mol. The number of nitrogens with one attached hydrogen (secondary N) is 1. The molecule has 9 heterocycles. The Kier molecular flexibility index (Phi) is 16.6. The number of anilines is 4. The van der Waals surface area contributed by atoms with Crippen molar-refractivity contribution in [1.29, 1.82) is 0 Å². The van der Waals surface area contributed by atoms with Gasteiger partial charge in [-0.15, -0.1) is 12.4 Å².